The number of carbonyl (C=O) groups excluding carboxylic acids is 1. The topological polar surface area (TPSA) is 58.6 Å². The summed E-state index contributed by atoms with van der Waals surface area (Å²) in [6.07, 6.45) is 2.75. The molecule has 2 aliphatic rings. The van der Waals surface area contributed by atoms with E-state index < -0.39 is 0 Å². The van der Waals surface area contributed by atoms with E-state index in [1.807, 2.05) is 4.90 Å². The maximum atomic E-state index is 12.2. The van der Waals surface area contributed by atoms with Gasteiger partial charge in [-0.25, -0.2) is 4.98 Å². The van der Waals surface area contributed by atoms with E-state index in [1.54, 1.807) is 19.4 Å². The molecule has 20 heavy (non-hydrogen) atoms. The highest BCUT2D eigenvalue weighted by atomic mass is 16.5. The summed E-state index contributed by atoms with van der Waals surface area (Å²) >= 11 is 0. The van der Waals surface area contributed by atoms with Gasteiger partial charge in [-0.1, -0.05) is 6.92 Å². The molecule has 0 spiro atoms. The molecule has 108 valence electrons. The van der Waals surface area contributed by atoms with Crippen LogP contribution in [0, 0.1) is 11.8 Å². The lowest BCUT2D eigenvalue weighted by Crippen LogP contribution is -2.49. The lowest BCUT2D eigenvalue weighted by molar-refractivity contribution is -0.133. The Hall–Kier alpha value is -1.85. The van der Waals surface area contributed by atoms with Crippen molar-refractivity contribution in [1.29, 1.82) is 0 Å². The van der Waals surface area contributed by atoms with Crippen LogP contribution in [0.4, 0.5) is 5.95 Å². The molecule has 1 aromatic heterocycles. The summed E-state index contributed by atoms with van der Waals surface area (Å²) in [5, 5.41) is 0. The second-order valence-electron chi connectivity index (χ2n) is 5.53. The molecule has 1 saturated heterocycles. The molecule has 2 atom stereocenters. The number of aromatic nitrogens is 2. The fourth-order valence-corrected chi connectivity index (χ4v) is 2.63. The first-order valence-corrected chi connectivity index (χ1v) is 7.10. The highest BCUT2D eigenvalue weighted by Crippen LogP contribution is 2.39. The van der Waals surface area contributed by atoms with E-state index in [9.17, 15) is 4.79 Å². The number of nitrogens with zero attached hydrogens (tertiary/aromatic N) is 4. The molecule has 0 unspecified atom stereocenters. The minimum atomic E-state index is 0.273. The molecule has 6 nitrogen and oxygen atoms in total. The molecule has 1 saturated carbocycles. The maximum absolute atomic E-state index is 12.2. The Bertz CT molecular complexity index is 500. The average Bonchev–Trinajstić information content (AvgIpc) is 3.24. The zero-order chi connectivity index (χ0) is 14.1. The van der Waals surface area contributed by atoms with E-state index in [2.05, 4.69) is 21.8 Å². The molecule has 0 radical (unpaired) electrons. The molecule has 2 heterocycles. The summed E-state index contributed by atoms with van der Waals surface area (Å²) in [5.41, 5.74) is 0. The van der Waals surface area contributed by atoms with Gasteiger partial charge in [0.05, 0.1) is 7.11 Å². The number of ether oxygens (including phenoxy) is 1. The van der Waals surface area contributed by atoms with Crippen molar-refractivity contribution in [2.45, 2.75) is 13.3 Å². The van der Waals surface area contributed by atoms with Crippen LogP contribution >= 0.6 is 0 Å². The van der Waals surface area contributed by atoms with Crippen LogP contribution in [0.2, 0.25) is 0 Å². The molecule has 1 aliphatic heterocycles. The Morgan fingerprint density at radius 1 is 1.35 bits per heavy atom. The van der Waals surface area contributed by atoms with Crippen molar-refractivity contribution in [3.63, 3.8) is 0 Å². The van der Waals surface area contributed by atoms with Crippen LogP contribution < -0.4 is 9.64 Å². The third kappa shape index (κ3) is 2.55. The molecule has 6 heteroatoms. The summed E-state index contributed by atoms with van der Waals surface area (Å²) in [5.74, 6) is 2.41. The zero-order valence-electron chi connectivity index (χ0n) is 12.0. The second-order valence-corrected chi connectivity index (χ2v) is 5.53. The normalized spacial score (nSPS) is 25.5. The van der Waals surface area contributed by atoms with Gasteiger partial charge in [-0.3, -0.25) is 4.79 Å². The van der Waals surface area contributed by atoms with Gasteiger partial charge in [-0.15, -0.1) is 0 Å². The molecular weight excluding hydrogens is 256 g/mol. The predicted octanol–water partition coefficient (Wildman–Crippen LogP) is 0.790. The summed E-state index contributed by atoms with van der Waals surface area (Å²) < 4.78 is 5.11. The van der Waals surface area contributed by atoms with E-state index in [0.29, 0.717) is 23.7 Å². The maximum Gasteiger partial charge on any atom is 0.228 e. The van der Waals surface area contributed by atoms with Crippen LogP contribution in [0.25, 0.3) is 0 Å². The van der Waals surface area contributed by atoms with Crippen LogP contribution in [0.3, 0.4) is 0 Å². The van der Waals surface area contributed by atoms with Crippen LogP contribution in [0.1, 0.15) is 13.3 Å². The Balaban J connectivity index is 1.59. The number of hydrogen-bond donors (Lipinski definition) is 0. The Morgan fingerprint density at radius 2 is 2.05 bits per heavy atom. The van der Waals surface area contributed by atoms with Crippen molar-refractivity contribution in [2.24, 2.45) is 11.8 Å². The SMILES string of the molecule is COc1ccnc(N2CCN(C(=O)[C@@H]3C[C@@H]3C)CC2)n1. The number of piperazine rings is 1. The van der Waals surface area contributed by atoms with E-state index in [1.165, 1.54) is 0 Å². The molecule has 0 N–H and O–H groups in total. The molecular formula is C14H20N4O2. The monoisotopic (exact) mass is 276 g/mol. The smallest absolute Gasteiger partial charge is 0.228 e. The highest BCUT2D eigenvalue weighted by molar-refractivity contribution is 5.81. The summed E-state index contributed by atoms with van der Waals surface area (Å²) in [6.45, 7) is 5.20. The number of amides is 1. The van der Waals surface area contributed by atoms with E-state index in [4.69, 9.17) is 4.74 Å². The first-order valence-electron chi connectivity index (χ1n) is 7.10. The number of rotatable bonds is 3. The minimum Gasteiger partial charge on any atom is -0.481 e. The zero-order valence-corrected chi connectivity index (χ0v) is 12.0. The molecule has 0 aromatic carbocycles. The third-order valence-electron chi connectivity index (χ3n) is 4.13. The van der Waals surface area contributed by atoms with Crippen molar-refractivity contribution < 1.29 is 9.53 Å². The van der Waals surface area contributed by atoms with Crippen molar-refractivity contribution in [3.05, 3.63) is 12.3 Å². The number of hydrogen-bond acceptors (Lipinski definition) is 5. The van der Waals surface area contributed by atoms with Gasteiger partial charge in [0.1, 0.15) is 0 Å². The minimum absolute atomic E-state index is 0.273. The highest BCUT2D eigenvalue weighted by Gasteiger charge is 2.42. The molecule has 1 aromatic rings. The first-order chi connectivity index (χ1) is 9.69. The molecule has 2 fully saturated rings. The van der Waals surface area contributed by atoms with E-state index in [0.717, 1.165) is 32.6 Å². The fraction of sp³-hybridized carbons (Fsp3) is 0.643. The van der Waals surface area contributed by atoms with Crippen molar-refractivity contribution in [3.8, 4) is 5.88 Å². The van der Waals surface area contributed by atoms with Crippen molar-refractivity contribution in [1.82, 2.24) is 14.9 Å². The number of anilines is 1. The van der Waals surface area contributed by atoms with Gasteiger partial charge in [-0.2, -0.15) is 4.98 Å². The number of carbonyl (C=O) groups is 1. The Labute approximate surface area is 118 Å². The van der Waals surface area contributed by atoms with Crippen LogP contribution in [-0.4, -0.2) is 54.1 Å². The molecule has 1 amide bonds. The molecule has 1 aliphatic carbocycles. The molecule has 3 rings (SSSR count). The van der Waals surface area contributed by atoms with Crippen LogP contribution in [-0.2, 0) is 4.79 Å². The lowest BCUT2D eigenvalue weighted by atomic mass is 10.2. The van der Waals surface area contributed by atoms with Crippen molar-refractivity contribution in [2.75, 3.05) is 38.2 Å². The first kappa shape index (κ1) is 13.1. The fourth-order valence-electron chi connectivity index (χ4n) is 2.63. The van der Waals surface area contributed by atoms with Crippen LogP contribution in [0.5, 0.6) is 5.88 Å². The van der Waals surface area contributed by atoms with Gasteiger partial charge in [-0.05, 0) is 12.3 Å². The third-order valence-corrected chi connectivity index (χ3v) is 4.13. The largest absolute Gasteiger partial charge is 0.481 e. The van der Waals surface area contributed by atoms with Crippen molar-refractivity contribution >= 4 is 11.9 Å². The Kier molecular flexibility index (Phi) is 3.46. The quantitative estimate of drug-likeness (QED) is 0.817. The summed E-state index contributed by atoms with van der Waals surface area (Å²) in [6, 6.07) is 1.73. The van der Waals surface area contributed by atoms with Gasteiger partial charge < -0.3 is 14.5 Å². The van der Waals surface area contributed by atoms with Gasteiger partial charge in [0.15, 0.2) is 0 Å². The standard InChI is InChI=1S/C14H20N4O2/c1-10-9-11(10)13(19)17-5-7-18(8-6-17)14-15-4-3-12(16-14)20-2/h3-4,10-11H,5-9H2,1-2H3/t10-,11+/m0/s1. The van der Waals surface area contributed by atoms with Crippen LogP contribution in [0.15, 0.2) is 12.3 Å². The Morgan fingerprint density at radius 3 is 2.65 bits per heavy atom. The second kappa shape index (κ2) is 5.26. The summed E-state index contributed by atoms with van der Waals surface area (Å²) in [4.78, 5) is 24.9. The van der Waals surface area contributed by atoms with Gasteiger partial charge in [0.25, 0.3) is 0 Å². The molecule has 0 bridgehead atoms. The van der Waals surface area contributed by atoms with Gasteiger partial charge in [0.2, 0.25) is 17.7 Å². The average molecular weight is 276 g/mol. The summed E-state index contributed by atoms with van der Waals surface area (Å²) in [7, 11) is 1.60. The predicted molar refractivity (Wildman–Crippen MR) is 74.6 cm³/mol. The van der Waals surface area contributed by atoms with Gasteiger partial charge >= 0.3 is 0 Å². The van der Waals surface area contributed by atoms with E-state index >= 15 is 0 Å². The lowest BCUT2D eigenvalue weighted by Gasteiger charge is -2.34. The van der Waals surface area contributed by atoms with E-state index in [-0.39, 0.29) is 5.92 Å². The number of methoxy groups -OCH3 is 1. The van der Waals surface area contributed by atoms with Gasteiger partial charge in [0, 0.05) is 44.4 Å².